The minimum atomic E-state index is -0.885. The zero-order chi connectivity index (χ0) is 18.4. The van der Waals surface area contributed by atoms with E-state index in [1.54, 1.807) is 6.92 Å². The number of Topliss-reactive ketones (excluding diaryl/α,β-unsaturated/α-hetero) is 1. The van der Waals surface area contributed by atoms with E-state index < -0.39 is 17.7 Å². The van der Waals surface area contributed by atoms with Crippen molar-refractivity contribution in [3.63, 3.8) is 0 Å². The van der Waals surface area contributed by atoms with Crippen LogP contribution in [-0.4, -0.2) is 40.3 Å². The summed E-state index contributed by atoms with van der Waals surface area (Å²) in [7, 11) is 0. The maximum atomic E-state index is 12.8. The summed E-state index contributed by atoms with van der Waals surface area (Å²) in [5.41, 5.74) is -0.819. The Hall–Kier alpha value is -1.46. The van der Waals surface area contributed by atoms with Crippen molar-refractivity contribution in [2.45, 2.75) is 76.3 Å². The quantitative estimate of drug-likeness (QED) is 0.315. The second-order valence-corrected chi connectivity index (χ2v) is 8.27. The van der Waals surface area contributed by atoms with Crippen LogP contribution in [0.25, 0.3) is 0 Å². The van der Waals surface area contributed by atoms with Gasteiger partial charge in [-0.2, -0.15) is 0 Å². The standard InChI is InChI=1S/C20H28O5/c1-12-7-5-8-19(3,23)9-6-10-20(4)15(25-20)11-14-13(2)18(22)24-17(14)16(12)21/h6,9,12,14-15,17,23H,2,5,7-8,10-11H2,1,3-4H3/b9-6+/t12-,14+,15-,17-,19-,20-/m0/s1. The maximum absolute atomic E-state index is 12.8. The SMILES string of the molecule is C=C1C(=O)O[C@@H]2C(=O)[C@@H](C)CCC[C@](C)(O)/C=C/C[C@]3(C)O[C@H]3C[C@H]12. The molecule has 0 spiro atoms. The van der Waals surface area contributed by atoms with Crippen LogP contribution in [0.15, 0.2) is 24.3 Å². The smallest absolute Gasteiger partial charge is 0.334 e. The van der Waals surface area contributed by atoms with Crippen LogP contribution in [0.5, 0.6) is 0 Å². The molecule has 3 aliphatic rings. The first-order valence-corrected chi connectivity index (χ1v) is 9.14. The molecule has 0 aromatic heterocycles. The van der Waals surface area contributed by atoms with Crippen LogP contribution in [0.1, 0.15) is 52.9 Å². The molecule has 0 unspecified atom stereocenters. The molecule has 2 heterocycles. The Kier molecular flexibility index (Phi) is 4.67. The summed E-state index contributed by atoms with van der Waals surface area (Å²) in [5.74, 6) is -1.04. The molecule has 25 heavy (non-hydrogen) atoms. The van der Waals surface area contributed by atoms with Crippen LogP contribution in [0, 0.1) is 11.8 Å². The molecule has 0 bridgehead atoms. The monoisotopic (exact) mass is 348 g/mol. The van der Waals surface area contributed by atoms with Gasteiger partial charge >= 0.3 is 5.97 Å². The van der Waals surface area contributed by atoms with Crippen molar-refractivity contribution in [3.8, 4) is 0 Å². The number of epoxide rings is 1. The van der Waals surface area contributed by atoms with Crippen molar-refractivity contribution in [1.82, 2.24) is 0 Å². The number of ether oxygens (including phenoxy) is 2. The minimum absolute atomic E-state index is 0.0353. The first-order chi connectivity index (χ1) is 11.6. The summed E-state index contributed by atoms with van der Waals surface area (Å²) in [6, 6.07) is 0. The number of rotatable bonds is 0. The summed E-state index contributed by atoms with van der Waals surface area (Å²) in [4.78, 5) is 24.8. The molecule has 6 atom stereocenters. The van der Waals surface area contributed by atoms with Crippen LogP contribution < -0.4 is 0 Å². The molecule has 0 aromatic carbocycles. The Balaban J connectivity index is 1.83. The van der Waals surface area contributed by atoms with Gasteiger partial charge in [0.2, 0.25) is 0 Å². The van der Waals surface area contributed by atoms with E-state index in [4.69, 9.17) is 9.47 Å². The zero-order valence-electron chi connectivity index (χ0n) is 15.3. The van der Waals surface area contributed by atoms with Gasteiger partial charge < -0.3 is 14.6 Å². The van der Waals surface area contributed by atoms with E-state index in [1.807, 2.05) is 26.0 Å². The highest BCUT2D eigenvalue weighted by atomic mass is 16.6. The molecule has 2 fully saturated rings. The molecular formula is C20H28O5. The van der Waals surface area contributed by atoms with Crippen molar-refractivity contribution in [1.29, 1.82) is 0 Å². The van der Waals surface area contributed by atoms with E-state index in [1.165, 1.54) is 0 Å². The molecule has 2 saturated heterocycles. The number of carbonyl (C=O) groups excluding carboxylic acids is 2. The van der Waals surface area contributed by atoms with Crippen molar-refractivity contribution in [2.24, 2.45) is 11.8 Å². The summed E-state index contributed by atoms with van der Waals surface area (Å²) >= 11 is 0. The average molecular weight is 348 g/mol. The van der Waals surface area contributed by atoms with Crippen molar-refractivity contribution in [2.75, 3.05) is 0 Å². The van der Waals surface area contributed by atoms with Gasteiger partial charge in [-0.15, -0.1) is 0 Å². The van der Waals surface area contributed by atoms with Crippen LogP contribution in [0.3, 0.4) is 0 Å². The lowest BCUT2D eigenvalue weighted by molar-refractivity contribution is -0.148. The van der Waals surface area contributed by atoms with Gasteiger partial charge in [0.05, 0.1) is 17.3 Å². The van der Waals surface area contributed by atoms with Gasteiger partial charge in [0.1, 0.15) is 0 Å². The van der Waals surface area contributed by atoms with Crippen LogP contribution >= 0.6 is 0 Å². The number of hydrogen-bond acceptors (Lipinski definition) is 5. The Morgan fingerprint density at radius 2 is 2.04 bits per heavy atom. The highest BCUT2D eigenvalue weighted by Crippen LogP contribution is 2.47. The third kappa shape index (κ3) is 3.72. The second kappa shape index (κ2) is 6.36. The largest absolute Gasteiger partial charge is 0.450 e. The molecule has 0 amide bonds. The third-order valence-electron chi connectivity index (χ3n) is 5.90. The number of hydrogen-bond donors (Lipinski definition) is 1. The Labute approximate surface area is 149 Å². The fraction of sp³-hybridized carbons (Fsp3) is 0.700. The van der Waals surface area contributed by atoms with Crippen molar-refractivity contribution < 1.29 is 24.2 Å². The fourth-order valence-electron chi connectivity index (χ4n) is 3.95. The lowest BCUT2D eigenvalue weighted by Crippen LogP contribution is -2.33. The van der Waals surface area contributed by atoms with Crippen molar-refractivity contribution >= 4 is 11.8 Å². The topological polar surface area (TPSA) is 76.1 Å². The Morgan fingerprint density at radius 3 is 2.76 bits per heavy atom. The van der Waals surface area contributed by atoms with Gasteiger partial charge in [-0.25, -0.2) is 4.79 Å². The highest BCUT2D eigenvalue weighted by molar-refractivity contribution is 5.98. The minimum Gasteiger partial charge on any atom is -0.450 e. The molecule has 0 aromatic rings. The van der Waals surface area contributed by atoms with E-state index in [0.717, 1.165) is 6.42 Å². The van der Waals surface area contributed by atoms with E-state index >= 15 is 0 Å². The summed E-state index contributed by atoms with van der Waals surface area (Å²) < 4.78 is 11.2. The second-order valence-electron chi connectivity index (χ2n) is 8.27. The van der Waals surface area contributed by atoms with Gasteiger partial charge in [0.15, 0.2) is 11.9 Å². The van der Waals surface area contributed by atoms with Gasteiger partial charge in [-0.05, 0) is 46.0 Å². The molecule has 1 aliphatic carbocycles. The third-order valence-corrected chi connectivity index (χ3v) is 5.90. The summed E-state index contributed by atoms with van der Waals surface area (Å²) in [5, 5.41) is 10.4. The first kappa shape index (κ1) is 18.3. The molecule has 2 aliphatic heterocycles. The highest BCUT2D eigenvalue weighted by Gasteiger charge is 2.55. The van der Waals surface area contributed by atoms with Crippen LogP contribution in [0.4, 0.5) is 0 Å². The number of carbonyl (C=O) groups is 2. The first-order valence-electron chi connectivity index (χ1n) is 9.14. The molecule has 1 N–H and O–H groups in total. The number of aliphatic hydroxyl groups is 1. The van der Waals surface area contributed by atoms with E-state index in [9.17, 15) is 14.7 Å². The van der Waals surface area contributed by atoms with Gasteiger partial charge in [-0.3, -0.25) is 4.79 Å². The molecule has 0 saturated carbocycles. The number of esters is 1. The fourth-order valence-corrected chi connectivity index (χ4v) is 3.95. The molecule has 5 heteroatoms. The van der Waals surface area contributed by atoms with E-state index in [2.05, 4.69) is 6.58 Å². The predicted molar refractivity (Wildman–Crippen MR) is 92.8 cm³/mol. The number of ketones is 1. The lowest BCUT2D eigenvalue weighted by atomic mass is 9.82. The normalized spacial score (nSPS) is 46.6. The van der Waals surface area contributed by atoms with E-state index in [0.29, 0.717) is 31.3 Å². The van der Waals surface area contributed by atoms with Gasteiger partial charge in [0, 0.05) is 17.4 Å². The Bertz CT molecular complexity index is 620. The molecular weight excluding hydrogens is 320 g/mol. The van der Waals surface area contributed by atoms with Crippen LogP contribution in [-0.2, 0) is 19.1 Å². The van der Waals surface area contributed by atoms with Gasteiger partial charge in [-0.1, -0.05) is 25.7 Å². The molecule has 3 rings (SSSR count). The average Bonchev–Trinajstić information content (AvgIpc) is 3.07. The molecule has 5 nitrogen and oxygen atoms in total. The zero-order valence-corrected chi connectivity index (χ0v) is 15.3. The molecule has 138 valence electrons. The Morgan fingerprint density at radius 1 is 1.32 bits per heavy atom. The maximum Gasteiger partial charge on any atom is 0.334 e. The lowest BCUT2D eigenvalue weighted by Gasteiger charge is -2.23. The summed E-state index contributed by atoms with van der Waals surface area (Å²) in [6.07, 6.45) is 6.26. The molecule has 0 radical (unpaired) electrons. The van der Waals surface area contributed by atoms with E-state index in [-0.39, 0.29) is 29.3 Å². The van der Waals surface area contributed by atoms with Gasteiger partial charge in [0.25, 0.3) is 0 Å². The van der Waals surface area contributed by atoms with Crippen LogP contribution in [0.2, 0.25) is 0 Å². The summed E-state index contributed by atoms with van der Waals surface area (Å²) in [6.45, 7) is 9.51. The van der Waals surface area contributed by atoms with Crippen molar-refractivity contribution in [3.05, 3.63) is 24.3 Å². The predicted octanol–water partition coefficient (Wildman–Crippen LogP) is 2.72. The number of fused-ring (bicyclic) bond motifs is 2.